The summed E-state index contributed by atoms with van der Waals surface area (Å²) < 4.78 is 6.33. The second kappa shape index (κ2) is 5.63. The Labute approximate surface area is 125 Å². The number of pyridine rings is 1. The Balaban J connectivity index is 1.62. The molecule has 4 nitrogen and oxygen atoms in total. The zero-order chi connectivity index (χ0) is 13.9. The number of anilines is 1. The number of rotatable bonds is 4. The van der Waals surface area contributed by atoms with Crippen LogP contribution in [0.1, 0.15) is 11.1 Å². The summed E-state index contributed by atoms with van der Waals surface area (Å²) in [5.41, 5.74) is 4.12. The molecule has 20 heavy (non-hydrogen) atoms. The quantitative estimate of drug-likeness (QED) is 0.786. The summed E-state index contributed by atoms with van der Waals surface area (Å²) >= 11 is 3.45. The van der Waals surface area contributed by atoms with E-state index in [4.69, 9.17) is 4.42 Å². The van der Waals surface area contributed by atoms with Crippen molar-refractivity contribution in [2.45, 2.75) is 13.3 Å². The van der Waals surface area contributed by atoms with E-state index in [-0.39, 0.29) is 0 Å². The molecule has 1 N–H and O–H groups in total. The highest BCUT2D eigenvalue weighted by molar-refractivity contribution is 9.10. The SMILES string of the molecule is Cc1cc(NCCc2ccc3ncoc3c2)ncc1Br. The molecule has 2 heterocycles. The summed E-state index contributed by atoms with van der Waals surface area (Å²) in [6.07, 6.45) is 4.20. The molecule has 0 spiro atoms. The lowest BCUT2D eigenvalue weighted by atomic mass is 10.1. The van der Waals surface area contributed by atoms with Crippen LogP contribution in [0.4, 0.5) is 5.82 Å². The lowest BCUT2D eigenvalue weighted by Crippen LogP contribution is -2.06. The number of nitrogens with one attached hydrogen (secondary N) is 1. The number of oxazole rings is 1. The van der Waals surface area contributed by atoms with Crippen LogP contribution >= 0.6 is 15.9 Å². The molecule has 102 valence electrons. The Morgan fingerprint density at radius 1 is 1.25 bits per heavy atom. The zero-order valence-electron chi connectivity index (χ0n) is 11.1. The smallest absolute Gasteiger partial charge is 0.181 e. The van der Waals surface area contributed by atoms with Gasteiger partial charge in [-0.15, -0.1) is 0 Å². The number of halogens is 1. The third-order valence-electron chi connectivity index (χ3n) is 3.16. The van der Waals surface area contributed by atoms with Gasteiger partial charge in [-0.3, -0.25) is 0 Å². The maximum atomic E-state index is 5.30. The molecular weight excluding hydrogens is 318 g/mol. The molecule has 0 bridgehead atoms. The Hall–Kier alpha value is -1.88. The summed E-state index contributed by atoms with van der Waals surface area (Å²) in [6, 6.07) is 8.12. The molecule has 0 aliphatic rings. The highest BCUT2D eigenvalue weighted by Crippen LogP contribution is 2.18. The number of fused-ring (bicyclic) bond motifs is 1. The van der Waals surface area contributed by atoms with Crippen molar-refractivity contribution in [2.75, 3.05) is 11.9 Å². The Kier molecular flexibility index (Phi) is 3.69. The van der Waals surface area contributed by atoms with Crippen molar-refractivity contribution in [1.82, 2.24) is 9.97 Å². The molecule has 3 aromatic rings. The van der Waals surface area contributed by atoms with E-state index in [2.05, 4.69) is 44.2 Å². The number of aromatic nitrogens is 2. The molecule has 0 radical (unpaired) electrons. The minimum atomic E-state index is 0.827. The first-order valence-corrected chi connectivity index (χ1v) is 7.20. The van der Waals surface area contributed by atoms with Gasteiger partial charge in [0.2, 0.25) is 0 Å². The van der Waals surface area contributed by atoms with Crippen molar-refractivity contribution >= 4 is 32.8 Å². The van der Waals surface area contributed by atoms with Gasteiger partial charge < -0.3 is 9.73 Å². The number of hydrogen-bond acceptors (Lipinski definition) is 4. The largest absolute Gasteiger partial charge is 0.443 e. The number of hydrogen-bond donors (Lipinski definition) is 1. The first-order valence-electron chi connectivity index (χ1n) is 6.40. The van der Waals surface area contributed by atoms with Crippen LogP contribution in [0, 0.1) is 6.92 Å². The van der Waals surface area contributed by atoms with Crippen LogP contribution < -0.4 is 5.32 Å². The van der Waals surface area contributed by atoms with E-state index in [0.717, 1.165) is 34.4 Å². The minimum Gasteiger partial charge on any atom is -0.443 e. The normalized spacial score (nSPS) is 10.9. The van der Waals surface area contributed by atoms with Gasteiger partial charge in [0.1, 0.15) is 11.3 Å². The lowest BCUT2D eigenvalue weighted by molar-refractivity contribution is 0.601. The summed E-state index contributed by atoms with van der Waals surface area (Å²) in [5.74, 6) is 0.895. The van der Waals surface area contributed by atoms with Crippen molar-refractivity contribution < 1.29 is 4.42 Å². The van der Waals surface area contributed by atoms with Crippen LogP contribution in [0.5, 0.6) is 0 Å². The van der Waals surface area contributed by atoms with E-state index >= 15 is 0 Å². The second-order valence-corrected chi connectivity index (χ2v) is 5.50. The molecule has 0 aliphatic heterocycles. The van der Waals surface area contributed by atoms with Gasteiger partial charge in [-0.2, -0.15) is 0 Å². The molecule has 3 rings (SSSR count). The van der Waals surface area contributed by atoms with E-state index in [1.807, 2.05) is 24.4 Å². The Morgan fingerprint density at radius 2 is 2.15 bits per heavy atom. The summed E-state index contributed by atoms with van der Waals surface area (Å²) in [4.78, 5) is 8.43. The van der Waals surface area contributed by atoms with E-state index in [0.29, 0.717) is 0 Å². The lowest BCUT2D eigenvalue weighted by Gasteiger charge is -2.07. The van der Waals surface area contributed by atoms with Gasteiger partial charge in [-0.05, 0) is 58.6 Å². The van der Waals surface area contributed by atoms with Gasteiger partial charge >= 0.3 is 0 Å². The van der Waals surface area contributed by atoms with Crippen LogP contribution in [-0.4, -0.2) is 16.5 Å². The molecule has 1 aromatic carbocycles. The number of aryl methyl sites for hydroxylation is 1. The topological polar surface area (TPSA) is 51.0 Å². The number of benzene rings is 1. The monoisotopic (exact) mass is 331 g/mol. The number of nitrogens with zero attached hydrogens (tertiary/aromatic N) is 2. The van der Waals surface area contributed by atoms with Gasteiger partial charge in [0.25, 0.3) is 0 Å². The Bertz CT molecular complexity index is 739. The van der Waals surface area contributed by atoms with Gasteiger partial charge in [-0.25, -0.2) is 9.97 Å². The third-order valence-corrected chi connectivity index (χ3v) is 3.99. The Morgan fingerprint density at radius 3 is 3.00 bits per heavy atom. The first-order chi connectivity index (χ1) is 9.72. The maximum absolute atomic E-state index is 5.30. The van der Waals surface area contributed by atoms with Crippen LogP contribution in [0.25, 0.3) is 11.1 Å². The standard InChI is InChI=1S/C15H14BrN3O/c1-10-6-15(18-8-12(10)16)17-5-4-11-2-3-13-14(7-11)20-9-19-13/h2-3,6-9H,4-5H2,1H3,(H,17,18). The molecule has 0 amide bonds. The molecule has 0 aliphatic carbocycles. The summed E-state index contributed by atoms with van der Waals surface area (Å²) in [7, 11) is 0. The van der Waals surface area contributed by atoms with E-state index in [9.17, 15) is 0 Å². The van der Waals surface area contributed by atoms with Crippen LogP contribution in [0.15, 0.2) is 45.7 Å². The highest BCUT2D eigenvalue weighted by atomic mass is 79.9. The molecule has 0 saturated heterocycles. The van der Waals surface area contributed by atoms with Crippen LogP contribution in [-0.2, 0) is 6.42 Å². The molecule has 0 saturated carbocycles. The van der Waals surface area contributed by atoms with E-state index in [1.165, 1.54) is 17.5 Å². The van der Waals surface area contributed by atoms with Crippen molar-refractivity contribution in [1.29, 1.82) is 0 Å². The van der Waals surface area contributed by atoms with Crippen molar-refractivity contribution in [2.24, 2.45) is 0 Å². The minimum absolute atomic E-state index is 0.827. The van der Waals surface area contributed by atoms with E-state index in [1.54, 1.807) is 0 Å². The molecule has 2 aromatic heterocycles. The summed E-state index contributed by atoms with van der Waals surface area (Å²) in [6.45, 7) is 2.88. The van der Waals surface area contributed by atoms with Gasteiger partial charge in [0, 0.05) is 17.2 Å². The first kappa shape index (κ1) is 13.1. The summed E-state index contributed by atoms with van der Waals surface area (Å²) in [5, 5.41) is 3.32. The highest BCUT2D eigenvalue weighted by Gasteiger charge is 2.01. The predicted octanol–water partition coefficient (Wildman–Crippen LogP) is 3.95. The van der Waals surface area contributed by atoms with Crippen molar-refractivity contribution in [3.63, 3.8) is 0 Å². The molecule has 5 heteroatoms. The van der Waals surface area contributed by atoms with Gasteiger partial charge in [0.05, 0.1) is 0 Å². The molecule has 0 atom stereocenters. The van der Waals surface area contributed by atoms with Crippen molar-refractivity contribution in [3.05, 3.63) is 52.5 Å². The molecule has 0 unspecified atom stereocenters. The van der Waals surface area contributed by atoms with Gasteiger partial charge in [0.15, 0.2) is 12.0 Å². The fraction of sp³-hybridized carbons (Fsp3) is 0.200. The van der Waals surface area contributed by atoms with Crippen LogP contribution in [0.2, 0.25) is 0 Å². The third kappa shape index (κ3) is 2.82. The van der Waals surface area contributed by atoms with Crippen molar-refractivity contribution in [3.8, 4) is 0 Å². The van der Waals surface area contributed by atoms with Crippen LogP contribution in [0.3, 0.4) is 0 Å². The molecule has 0 fully saturated rings. The second-order valence-electron chi connectivity index (χ2n) is 4.65. The van der Waals surface area contributed by atoms with E-state index < -0.39 is 0 Å². The fourth-order valence-electron chi connectivity index (χ4n) is 2.03. The van der Waals surface area contributed by atoms with Gasteiger partial charge in [-0.1, -0.05) is 6.07 Å². The average molecular weight is 332 g/mol. The predicted molar refractivity (Wildman–Crippen MR) is 82.9 cm³/mol. The molecular formula is C15H14BrN3O. The average Bonchev–Trinajstić information content (AvgIpc) is 2.90. The zero-order valence-corrected chi connectivity index (χ0v) is 12.6. The fourth-order valence-corrected chi connectivity index (χ4v) is 2.24. The maximum Gasteiger partial charge on any atom is 0.181 e.